The lowest BCUT2D eigenvalue weighted by atomic mass is 10.1. The van der Waals surface area contributed by atoms with Gasteiger partial charge in [-0.25, -0.2) is 4.98 Å². The van der Waals surface area contributed by atoms with Crippen molar-refractivity contribution < 1.29 is 0 Å². The minimum absolute atomic E-state index is 0.947. The highest BCUT2D eigenvalue weighted by molar-refractivity contribution is 7.80. The molecule has 0 N–H and O–H groups in total. The van der Waals surface area contributed by atoms with Crippen LogP contribution in [0.25, 0.3) is 10.8 Å². The van der Waals surface area contributed by atoms with E-state index in [2.05, 4.69) is 35.5 Å². The fourth-order valence-corrected chi connectivity index (χ4v) is 1.91. The average molecular weight is 218 g/mol. The summed E-state index contributed by atoms with van der Waals surface area (Å²) in [6, 6.07) is 8.11. The van der Waals surface area contributed by atoms with E-state index in [9.17, 15) is 0 Å². The number of anilines is 1. The molecule has 2 rings (SSSR count). The topological polar surface area (TPSA) is 16.1 Å². The van der Waals surface area contributed by atoms with E-state index < -0.39 is 0 Å². The van der Waals surface area contributed by atoms with Gasteiger partial charge in [0.2, 0.25) is 0 Å². The maximum atomic E-state index is 4.45. The van der Waals surface area contributed by atoms with Crippen LogP contribution in [0.2, 0.25) is 0 Å². The zero-order valence-electron chi connectivity index (χ0n) is 8.94. The summed E-state index contributed by atoms with van der Waals surface area (Å²) in [4.78, 5) is 7.55. The summed E-state index contributed by atoms with van der Waals surface area (Å²) in [6.45, 7) is 3.06. The van der Waals surface area contributed by atoms with Gasteiger partial charge in [-0.1, -0.05) is 12.1 Å². The van der Waals surface area contributed by atoms with Crippen molar-refractivity contribution in [3.8, 4) is 0 Å². The van der Waals surface area contributed by atoms with Gasteiger partial charge in [0, 0.05) is 35.5 Å². The molecule has 78 valence electrons. The van der Waals surface area contributed by atoms with Crippen LogP contribution in [0.15, 0.2) is 35.4 Å². The molecule has 0 aliphatic rings. The molecule has 0 saturated heterocycles. The normalized spacial score (nSPS) is 10.6. The molecule has 0 amide bonds. The van der Waals surface area contributed by atoms with Crippen LogP contribution in [0, 0.1) is 0 Å². The molecule has 2 nitrogen and oxygen atoms in total. The van der Waals surface area contributed by atoms with Crippen LogP contribution >= 0.6 is 12.6 Å². The van der Waals surface area contributed by atoms with Crippen molar-refractivity contribution in [1.29, 1.82) is 0 Å². The number of fused-ring (bicyclic) bond motifs is 1. The summed E-state index contributed by atoms with van der Waals surface area (Å²) in [5, 5.41) is 2.32. The molecule has 1 heterocycles. The van der Waals surface area contributed by atoms with Gasteiger partial charge in [-0.15, -0.1) is 12.6 Å². The summed E-state index contributed by atoms with van der Waals surface area (Å²) >= 11 is 4.45. The lowest BCUT2D eigenvalue weighted by molar-refractivity contribution is 0.946. The Morgan fingerprint density at radius 1 is 1.27 bits per heavy atom. The Bertz CT molecular complexity index is 482. The summed E-state index contributed by atoms with van der Waals surface area (Å²) in [7, 11) is 2.05. The highest BCUT2D eigenvalue weighted by Gasteiger charge is 2.06. The Labute approximate surface area is 95.3 Å². The van der Waals surface area contributed by atoms with Gasteiger partial charge in [0.25, 0.3) is 0 Å². The predicted molar refractivity (Wildman–Crippen MR) is 67.9 cm³/mol. The van der Waals surface area contributed by atoms with Gasteiger partial charge in [-0.3, -0.25) is 0 Å². The monoisotopic (exact) mass is 218 g/mol. The van der Waals surface area contributed by atoms with Gasteiger partial charge in [-0.05, 0) is 19.1 Å². The zero-order chi connectivity index (χ0) is 10.8. The molecule has 0 aliphatic carbocycles. The molecule has 1 aromatic carbocycles. The number of hydrogen-bond donors (Lipinski definition) is 1. The van der Waals surface area contributed by atoms with E-state index >= 15 is 0 Å². The van der Waals surface area contributed by atoms with E-state index in [1.807, 2.05) is 31.4 Å². The lowest BCUT2D eigenvalue weighted by Gasteiger charge is -2.17. The van der Waals surface area contributed by atoms with E-state index in [0.717, 1.165) is 28.0 Å². The Kier molecular flexibility index (Phi) is 2.82. The van der Waals surface area contributed by atoms with Crippen LogP contribution in [0.5, 0.6) is 0 Å². The van der Waals surface area contributed by atoms with Crippen molar-refractivity contribution in [2.45, 2.75) is 11.8 Å². The third kappa shape index (κ3) is 1.79. The van der Waals surface area contributed by atoms with Crippen LogP contribution in [0.1, 0.15) is 6.92 Å². The fraction of sp³-hybridized carbons (Fsp3) is 0.250. The third-order valence-corrected chi connectivity index (χ3v) is 2.99. The molecule has 0 unspecified atom stereocenters. The van der Waals surface area contributed by atoms with Crippen molar-refractivity contribution in [3.05, 3.63) is 30.5 Å². The summed E-state index contributed by atoms with van der Waals surface area (Å²) in [5.41, 5.74) is 0. The van der Waals surface area contributed by atoms with Gasteiger partial charge < -0.3 is 4.90 Å². The molecule has 0 fully saturated rings. The second-order valence-electron chi connectivity index (χ2n) is 3.52. The second kappa shape index (κ2) is 4.11. The first-order valence-electron chi connectivity index (χ1n) is 5.02. The highest BCUT2D eigenvalue weighted by atomic mass is 32.1. The Morgan fingerprint density at radius 2 is 2.07 bits per heavy atom. The van der Waals surface area contributed by atoms with Gasteiger partial charge in [0.1, 0.15) is 5.82 Å². The first kappa shape index (κ1) is 10.3. The molecule has 2 aromatic rings. The van der Waals surface area contributed by atoms with E-state index in [0.29, 0.717) is 0 Å². The maximum absolute atomic E-state index is 4.45. The molecule has 3 heteroatoms. The minimum Gasteiger partial charge on any atom is -0.359 e. The molecule has 1 aromatic heterocycles. The largest absolute Gasteiger partial charge is 0.359 e. The molecule has 0 saturated carbocycles. The molecule has 0 atom stereocenters. The number of thiol groups is 1. The van der Waals surface area contributed by atoms with Gasteiger partial charge in [-0.2, -0.15) is 0 Å². The quantitative estimate of drug-likeness (QED) is 0.780. The van der Waals surface area contributed by atoms with E-state index in [4.69, 9.17) is 0 Å². The van der Waals surface area contributed by atoms with E-state index in [1.165, 1.54) is 0 Å². The Balaban J connectivity index is 2.71. The fourth-order valence-electron chi connectivity index (χ4n) is 1.63. The number of pyridine rings is 1. The second-order valence-corrected chi connectivity index (χ2v) is 4.00. The highest BCUT2D eigenvalue weighted by Crippen LogP contribution is 2.27. The SMILES string of the molecule is CCN(C)c1nccc2c(S)cccc12. The molecule has 15 heavy (non-hydrogen) atoms. The number of hydrogen-bond acceptors (Lipinski definition) is 3. The Morgan fingerprint density at radius 3 is 2.80 bits per heavy atom. The van der Waals surface area contributed by atoms with Crippen molar-refractivity contribution in [3.63, 3.8) is 0 Å². The lowest BCUT2D eigenvalue weighted by Crippen LogP contribution is -2.17. The maximum Gasteiger partial charge on any atom is 0.136 e. The van der Waals surface area contributed by atoms with Crippen molar-refractivity contribution >= 4 is 29.2 Å². The average Bonchev–Trinajstić information content (AvgIpc) is 2.28. The van der Waals surface area contributed by atoms with Crippen molar-refractivity contribution in [2.24, 2.45) is 0 Å². The molecular formula is C12H14N2S. The molecular weight excluding hydrogens is 204 g/mol. The van der Waals surface area contributed by atoms with Crippen molar-refractivity contribution in [2.75, 3.05) is 18.5 Å². The number of nitrogens with zero attached hydrogens (tertiary/aromatic N) is 2. The summed E-state index contributed by atoms with van der Waals surface area (Å²) in [5.74, 6) is 1.02. The predicted octanol–water partition coefficient (Wildman–Crippen LogP) is 2.98. The first-order chi connectivity index (χ1) is 7.24. The number of aromatic nitrogens is 1. The first-order valence-corrected chi connectivity index (χ1v) is 5.46. The standard InChI is InChI=1S/C12H14N2S/c1-3-14(2)12-10-5-4-6-11(15)9(10)7-8-13-12/h4-8,15H,3H2,1-2H3. The number of rotatable bonds is 2. The van der Waals surface area contributed by atoms with Gasteiger partial charge in [0.05, 0.1) is 0 Å². The van der Waals surface area contributed by atoms with Gasteiger partial charge in [0.15, 0.2) is 0 Å². The van der Waals surface area contributed by atoms with Crippen LogP contribution < -0.4 is 4.90 Å². The van der Waals surface area contributed by atoms with Crippen LogP contribution in [0.4, 0.5) is 5.82 Å². The van der Waals surface area contributed by atoms with Crippen LogP contribution in [0.3, 0.4) is 0 Å². The molecule has 0 radical (unpaired) electrons. The summed E-state index contributed by atoms with van der Waals surface area (Å²) < 4.78 is 0. The smallest absolute Gasteiger partial charge is 0.136 e. The number of benzene rings is 1. The van der Waals surface area contributed by atoms with Crippen LogP contribution in [-0.4, -0.2) is 18.6 Å². The minimum atomic E-state index is 0.947. The summed E-state index contributed by atoms with van der Waals surface area (Å²) in [6.07, 6.45) is 1.84. The van der Waals surface area contributed by atoms with E-state index in [-0.39, 0.29) is 0 Å². The van der Waals surface area contributed by atoms with Crippen molar-refractivity contribution in [1.82, 2.24) is 4.98 Å². The molecule has 0 aliphatic heterocycles. The van der Waals surface area contributed by atoms with Crippen LogP contribution in [-0.2, 0) is 0 Å². The molecule has 0 bridgehead atoms. The van der Waals surface area contributed by atoms with E-state index in [1.54, 1.807) is 0 Å². The van der Waals surface area contributed by atoms with Gasteiger partial charge >= 0.3 is 0 Å². The zero-order valence-corrected chi connectivity index (χ0v) is 9.83. The Hall–Kier alpha value is -1.22. The molecule has 0 spiro atoms. The third-order valence-electron chi connectivity index (χ3n) is 2.60.